The van der Waals surface area contributed by atoms with E-state index in [1.807, 2.05) is 6.92 Å². The fourth-order valence-electron chi connectivity index (χ4n) is 2.32. The van der Waals surface area contributed by atoms with Crippen LogP contribution in [0.25, 0.3) is 0 Å². The number of hydrogen-bond donors (Lipinski definition) is 1. The Kier molecular flexibility index (Phi) is 4.20. The second-order valence-corrected chi connectivity index (χ2v) is 7.37. The summed E-state index contributed by atoms with van der Waals surface area (Å²) >= 11 is 5.99. The van der Waals surface area contributed by atoms with Crippen molar-refractivity contribution in [1.82, 2.24) is 4.31 Å². The molecule has 2 unspecified atom stereocenters. The highest BCUT2D eigenvalue weighted by molar-refractivity contribution is 7.89. The molecule has 0 amide bonds. The van der Waals surface area contributed by atoms with E-state index in [9.17, 15) is 13.5 Å². The molecule has 6 heteroatoms. The molecule has 2 atom stereocenters. The molecule has 1 N–H and O–H groups in total. The van der Waals surface area contributed by atoms with Crippen LogP contribution in [0.2, 0.25) is 5.02 Å². The molecule has 1 saturated heterocycles. The summed E-state index contributed by atoms with van der Waals surface area (Å²) < 4.78 is 26.6. The highest BCUT2D eigenvalue weighted by Crippen LogP contribution is 2.28. The van der Waals surface area contributed by atoms with Crippen LogP contribution in [0.3, 0.4) is 0 Å². The van der Waals surface area contributed by atoms with Gasteiger partial charge in [-0.05, 0) is 37.0 Å². The Morgan fingerprint density at radius 1 is 1.42 bits per heavy atom. The third kappa shape index (κ3) is 2.79. The molecular weight excluding hydrogens is 286 g/mol. The van der Waals surface area contributed by atoms with Gasteiger partial charge in [-0.1, -0.05) is 24.6 Å². The molecule has 19 heavy (non-hydrogen) atoms. The molecule has 1 aliphatic heterocycles. The van der Waals surface area contributed by atoms with Crippen LogP contribution in [0.5, 0.6) is 0 Å². The molecule has 1 fully saturated rings. The minimum atomic E-state index is -3.53. The summed E-state index contributed by atoms with van der Waals surface area (Å²) in [6.07, 6.45) is 0.0481. The molecule has 1 aromatic carbocycles. The lowest BCUT2D eigenvalue weighted by molar-refractivity contribution is 0.0628. The Balaban J connectivity index is 2.35. The molecule has 0 saturated carbocycles. The average Bonchev–Trinajstić information content (AvgIpc) is 2.35. The van der Waals surface area contributed by atoms with Crippen LogP contribution in [-0.4, -0.2) is 37.0 Å². The average molecular weight is 304 g/mol. The van der Waals surface area contributed by atoms with Crippen molar-refractivity contribution in [2.75, 3.05) is 13.1 Å². The summed E-state index contributed by atoms with van der Waals surface area (Å²) in [4.78, 5) is 0.253. The standard InChI is InChI=1S/C13H18ClNO3S/c1-9-8-15(7-6-12(9)16)19(17,18)13-5-3-4-11(14)10(13)2/h3-5,9,12,16H,6-8H2,1-2H3. The van der Waals surface area contributed by atoms with Crippen molar-refractivity contribution in [2.45, 2.75) is 31.3 Å². The van der Waals surface area contributed by atoms with Gasteiger partial charge in [-0.3, -0.25) is 0 Å². The number of hydrogen-bond acceptors (Lipinski definition) is 3. The number of aliphatic hydroxyl groups is 1. The smallest absolute Gasteiger partial charge is 0.243 e. The molecule has 0 radical (unpaired) electrons. The number of sulfonamides is 1. The number of nitrogens with zero attached hydrogens (tertiary/aromatic N) is 1. The molecule has 4 nitrogen and oxygen atoms in total. The lowest BCUT2D eigenvalue weighted by atomic mass is 9.99. The minimum absolute atomic E-state index is 0.0528. The number of aliphatic hydroxyl groups excluding tert-OH is 1. The predicted molar refractivity (Wildman–Crippen MR) is 74.7 cm³/mol. The first-order valence-corrected chi connectivity index (χ1v) is 8.09. The summed E-state index contributed by atoms with van der Waals surface area (Å²) in [7, 11) is -3.53. The predicted octanol–water partition coefficient (Wildman–Crippen LogP) is 2.04. The van der Waals surface area contributed by atoms with Crippen LogP contribution in [0.4, 0.5) is 0 Å². The van der Waals surface area contributed by atoms with Crippen molar-refractivity contribution in [3.63, 3.8) is 0 Å². The van der Waals surface area contributed by atoms with E-state index in [2.05, 4.69) is 0 Å². The third-order valence-electron chi connectivity index (χ3n) is 3.66. The fraction of sp³-hybridized carbons (Fsp3) is 0.538. The Hall–Kier alpha value is -0.620. The zero-order chi connectivity index (χ0) is 14.2. The first-order valence-electron chi connectivity index (χ1n) is 6.27. The zero-order valence-electron chi connectivity index (χ0n) is 11.0. The normalized spacial score (nSPS) is 25.5. The van der Waals surface area contributed by atoms with Gasteiger partial charge in [0.1, 0.15) is 0 Å². The van der Waals surface area contributed by atoms with E-state index in [-0.39, 0.29) is 10.8 Å². The van der Waals surface area contributed by atoms with Crippen molar-refractivity contribution in [3.8, 4) is 0 Å². The SMILES string of the molecule is Cc1c(Cl)cccc1S(=O)(=O)N1CCC(O)C(C)C1. The number of benzene rings is 1. The Morgan fingerprint density at radius 3 is 2.74 bits per heavy atom. The van der Waals surface area contributed by atoms with Crippen molar-refractivity contribution < 1.29 is 13.5 Å². The highest BCUT2D eigenvalue weighted by Gasteiger charge is 2.33. The number of halogens is 1. The Labute approximate surface area is 119 Å². The summed E-state index contributed by atoms with van der Waals surface area (Å²) in [5.74, 6) is -0.0528. The maximum absolute atomic E-state index is 12.6. The lowest BCUT2D eigenvalue weighted by Crippen LogP contribution is -2.45. The van der Waals surface area contributed by atoms with Crippen molar-refractivity contribution >= 4 is 21.6 Å². The van der Waals surface area contributed by atoms with E-state index in [1.165, 1.54) is 4.31 Å². The first-order chi connectivity index (χ1) is 8.84. The molecule has 1 aliphatic rings. The molecule has 0 aliphatic carbocycles. The monoisotopic (exact) mass is 303 g/mol. The summed E-state index contributed by atoms with van der Waals surface area (Å²) in [5, 5.41) is 10.1. The number of rotatable bonds is 2. The van der Waals surface area contributed by atoms with E-state index in [0.717, 1.165) is 0 Å². The van der Waals surface area contributed by atoms with Gasteiger partial charge in [0.2, 0.25) is 10.0 Å². The molecule has 0 spiro atoms. The first kappa shape index (κ1) is 14.8. The van der Waals surface area contributed by atoms with Crippen LogP contribution in [0.15, 0.2) is 23.1 Å². The second kappa shape index (κ2) is 5.40. The molecule has 1 heterocycles. The van der Waals surface area contributed by atoms with Crippen molar-refractivity contribution in [3.05, 3.63) is 28.8 Å². The Morgan fingerprint density at radius 2 is 2.11 bits per heavy atom. The van der Waals surface area contributed by atoms with Gasteiger partial charge in [-0.2, -0.15) is 4.31 Å². The van der Waals surface area contributed by atoms with Crippen LogP contribution in [-0.2, 0) is 10.0 Å². The molecular formula is C13H18ClNO3S. The van der Waals surface area contributed by atoms with Gasteiger partial charge in [0.15, 0.2) is 0 Å². The maximum Gasteiger partial charge on any atom is 0.243 e. The van der Waals surface area contributed by atoms with Gasteiger partial charge in [0.05, 0.1) is 11.0 Å². The highest BCUT2D eigenvalue weighted by atomic mass is 35.5. The van der Waals surface area contributed by atoms with Crippen LogP contribution in [0.1, 0.15) is 18.9 Å². The van der Waals surface area contributed by atoms with E-state index < -0.39 is 16.1 Å². The van der Waals surface area contributed by atoms with Crippen molar-refractivity contribution in [1.29, 1.82) is 0 Å². The molecule has 106 valence electrons. The topological polar surface area (TPSA) is 57.6 Å². The zero-order valence-corrected chi connectivity index (χ0v) is 12.6. The molecule has 0 aromatic heterocycles. The van der Waals surface area contributed by atoms with Gasteiger partial charge in [-0.15, -0.1) is 0 Å². The summed E-state index contributed by atoms with van der Waals surface area (Å²) in [6, 6.07) is 4.90. The summed E-state index contributed by atoms with van der Waals surface area (Å²) in [6.45, 7) is 4.25. The van der Waals surface area contributed by atoms with Crippen LogP contribution < -0.4 is 0 Å². The van der Waals surface area contributed by atoms with Gasteiger partial charge < -0.3 is 5.11 Å². The lowest BCUT2D eigenvalue weighted by Gasteiger charge is -2.33. The van der Waals surface area contributed by atoms with E-state index in [1.54, 1.807) is 25.1 Å². The fourth-order valence-corrected chi connectivity index (χ4v) is 4.35. The molecule has 0 bridgehead atoms. The van der Waals surface area contributed by atoms with Crippen molar-refractivity contribution in [2.24, 2.45) is 5.92 Å². The quantitative estimate of drug-likeness (QED) is 0.909. The second-order valence-electron chi connectivity index (χ2n) is 5.06. The van der Waals surface area contributed by atoms with E-state index in [4.69, 9.17) is 11.6 Å². The third-order valence-corrected chi connectivity index (χ3v) is 6.08. The van der Waals surface area contributed by atoms with Gasteiger partial charge in [-0.25, -0.2) is 8.42 Å². The van der Waals surface area contributed by atoms with Gasteiger partial charge in [0.25, 0.3) is 0 Å². The van der Waals surface area contributed by atoms with E-state index >= 15 is 0 Å². The minimum Gasteiger partial charge on any atom is -0.393 e. The van der Waals surface area contributed by atoms with E-state index in [0.29, 0.717) is 30.1 Å². The summed E-state index contributed by atoms with van der Waals surface area (Å²) in [5.41, 5.74) is 0.572. The molecule has 2 rings (SSSR count). The molecule has 1 aromatic rings. The van der Waals surface area contributed by atoms with Crippen LogP contribution in [0, 0.1) is 12.8 Å². The van der Waals surface area contributed by atoms with Gasteiger partial charge >= 0.3 is 0 Å². The Bertz CT molecular complexity index is 573. The number of piperidine rings is 1. The van der Waals surface area contributed by atoms with Gasteiger partial charge in [0, 0.05) is 18.1 Å². The van der Waals surface area contributed by atoms with Crippen LogP contribution >= 0.6 is 11.6 Å². The maximum atomic E-state index is 12.6. The largest absolute Gasteiger partial charge is 0.393 e.